The fourth-order valence-electron chi connectivity index (χ4n) is 2.95. The molecule has 0 radical (unpaired) electrons. The zero-order chi connectivity index (χ0) is 20.7. The maximum absolute atomic E-state index is 12.4. The number of amides is 3. The molecule has 1 N–H and O–H groups in total. The summed E-state index contributed by atoms with van der Waals surface area (Å²) in [5, 5.41) is 2.58. The quantitative estimate of drug-likeness (QED) is 0.795. The molecule has 3 amide bonds. The predicted molar refractivity (Wildman–Crippen MR) is 98.1 cm³/mol. The van der Waals surface area contributed by atoms with Crippen LogP contribution in [0.4, 0.5) is 23.7 Å². The summed E-state index contributed by atoms with van der Waals surface area (Å²) in [4.78, 5) is 29.8. The normalized spacial score (nSPS) is 15.2. The Morgan fingerprint density at radius 3 is 2.36 bits per heavy atom. The van der Waals surface area contributed by atoms with Gasteiger partial charge < -0.3 is 19.9 Å². The lowest BCUT2D eigenvalue weighted by atomic mass is 10.3. The number of benzene rings is 1. The molecule has 1 saturated heterocycles. The van der Waals surface area contributed by atoms with Crippen LogP contribution in [0.2, 0.25) is 0 Å². The van der Waals surface area contributed by atoms with E-state index in [0.717, 1.165) is 12.1 Å². The van der Waals surface area contributed by atoms with E-state index in [1.807, 2.05) is 18.7 Å². The Kier molecular flexibility index (Phi) is 7.50. The van der Waals surface area contributed by atoms with Crippen LogP contribution in [-0.2, 0) is 4.79 Å². The maximum Gasteiger partial charge on any atom is 0.573 e. The van der Waals surface area contributed by atoms with Crippen LogP contribution in [0.5, 0.6) is 5.75 Å². The van der Waals surface area contributed by atoms with Crippen LogP contribution in [0.3, 0.4) is 0 Å². The van der Waals surface area contributed by atoms with Crippen molar-refractivity contribution in [3.8, 4) is 5.75 Å². The molecule has 1 aromatic rings. The lowest BCUT2D eigenvalue weighted by molar-refractivity contribution is -0.274. The molecule has 0 aromatic heterocycles. The molecule has 1 fully saturated rings. The molecular formula is C18H25F3N4O3. The van der Waals surface area contributed by atoms with Gasteiger partial charge in [-0.05, 0) is 26.0 Å². The Bertz CT molecular complexity index is 672. The van der Waals surface area contributed by atoms with Crippen molar-refractivity contribution in [3.05, 3.63) is 24.3 Å². The highest BCUT2D eigenvalue weighted by Crippen LogP contribution is 2.25. The van der Waals surface area contributed by atoms with E-state index in [-0.39, 0.29) is 11.6 Å². The minimum Gasteiger partial charge on any atom is -0.406 e. The minimum absolute atomic E-state index is 0.0596. The molecule has 156 valence electrons. The van der Waals surface area contributed by atoms with Gasteiger partial charge in [0.1, 0.15) is 5.75 Å². The molecule has 0 aliphatic carbocycles. The number of carbonyl (C=O) groups excluding carboxylic acids is 2. The zero-order valence-electron chi connectivity index (χ0n) is 16.0. The summed E-state index contributed by atoms with van der Waals surface area (Å²) >= 11 is 0. The Labute approximate surface area is 162 Å². The van der Waals surface area contributed by atoms with Gasteiger partial charge in [-0.1, -0.05) is 6.07 Å². The van der Waals surface area contributed by atoms with Crippen molar-refractivity contribution in [1.82, 2.24) is 14.7 Å². The fourth-order valence-corrected chi connectivity index (χ4v) is 2.95. The van der Waals surface area contributed by atoms with E-state index in [1.54, 1.807) is 9.80 Å². The van der Waals surface area contributed by atoms with Crippen LogP contribution in [0.1, 0.15) is 13.8 Å². The van der Waals surface area contributed by atoms with E-state index in [9.17, 15) is 22.8 Å². The zero-order valence-corrected chi connectivity index (χ0v) is 16.0. The number of rotatable bonds is 6. The first kappa shape index (κ1) is 21.8. The molecule has 1 aliphatic rings. The minimum atomic E-state index is -4.79. The number of nitrogens with zero attached hydrogens (tertiary/aromatic N) is 3. The molecule has 0 atom stereocenters. The molecule has 1 aromatic carbocycles. The van der Waals surface area contributed by atoms with Crippen molar-refractivity contribution in [1.29, 1.82) is 0 Å². The Morgan fingerprint density at radius 1 is 1.14 bits per heavy atom. The summed E-state index contributed by atoms with van der Waals surface area (Å²) < 4.78 is 40.7. The van der Waals surface area contributed by atoms with Crippen LogP contribution in [-0.4, -0.2) is 78.8 Å². The smallest absolute Gasteiger partial charge is 0.406 e. The second-order valence-electron chi connectivity index (χ2n) is 6.34. The lowest BCUT2D eigenvalue weighted by Crippen LogP contribution is -2.52. The Morgan fingerprint density at radius 2 is 1.79 bits per heavy atom. The van der Waals surface area contributed by atoms with Gasteiger partial charge in [0, 0.05) is 51.0 Å². The van der Waals surface area contributed by atoms with Crippen LogP contribution in [0.15, 0.2) is 24.3 Å². The van der Waals surface area contributed by atoms with E-state index in [2.05, 4.69) is 10.1 Å². The SMILES string of the molecule is CCN(CC)C(=O)CN1CCN(C(=O)Nc2cccc(OC(F)(F)F)c2)CC1. The van der Waals surface area contributed by atoms with E-state index < -0.39 is 18.1 Å². The van der Waals surface area contributed by atoms with E-state index in [1.165, 1.54) is 12.1 Å². The summed E-state index contributed by atoms with van der Waals surface area (Å²) in [6.45, 7) is 7.45. The lowest BCUT2D eigenvalue weighted by Gasteiger charge is -2.35. The summed E-state index contributed by atoms with van der Waals surface area (Å²) in [6.07, 6.45) is -4.79. The van der Waals surface area contributed by atoms with Crippen molar-refractivity contribution in [2.75, 3.05) is 51.1 Å². The summed E-state index contributed by atoms with van der Waals surface area (Å²) in [5.74, 6) is -0.339. The molecule has 1 aliphatic heterocycles. The number of anilines is 1. The van der Waals surface area contributed by atoms with Crippen molar-refractivity contribution in [2.24, 2.45) is 0 Å². The predicted octanol–water partition coefficient (Wildman–Crippen LogP) is 2.60. The van der Waals surface area contributed by atoms with Crippen LogP contribution >= 0.6 is 0 Å². The van der Waals surface area contributed by atoms with E-state index >= 15 is 0 Å². The highest BCUT2D eigenvalue weighted by atomic mass is 19.4. The number of nitrogens with one attached hydrogen (secondary N) is 1. The number of likely N-dealkylation sites (N-methyl/N-ethyl adjacent to an activating group) is 1. The van der Waals surface area contributed by atoms with E-state index in [4.69, 9.17) is 0 Å². The van der Waals surface area contributed by atoms with Crippen LogP contribution in [0.25, 0.3) is 0 Å². The molecule has 1 heterocycles. The van der Waals surface area contributed by atoms with Gasteiger partial charge in [-0.25, -0.2) is 4.79 Å². The average Bonchev–Trinajstić information content (AvgIpc) is 2.62. The average molecular weight is 402 g/mol. The Balaban J connectivity index is 1.84. The van der Waals surface area contributed by atoms with Gasteiger partial charge in [0.15, 0.2) is 0 Å². The molecule has 0 saturated carbocycles. The van der Waals surface area contributed by atoms with Crippen molar-refractivity contribution >= 4 is 17.6 Å². The topological polar surface area (TPSA) is 65.1 Å². The fraction of sp³-hybridized carbons (Fsp3) is 0.556. The third kappa shape index (κ3) is 6.59. The summed E-state index contributed by atoms with van der Waals surface area (Å²) in [6, 6.07) is 4.73. The third-order valence-electron chi connectivity index (χ3n) is 4.45. The van der Waals surface area contributed by atoms with Gasteiger partial charge in [0.2, 0.25) is 5.91 Å². The molecule has 0 spiro atoms. The van der Waals surface area contributed by atoms with Gasteiger partial charge in [0.05, 0.1) is 6.54 Å². The number of ether oxygens (including phenoxy) is 1. The molecular weight excluding hydrogens is 377 g/mol. The van der Waals surface area contributed by atoms with Crippen molar-refractivity contribution in [3.63, 3.8) is 0 Å². The number of hydrogen-bond donors (Lipinski definition) is 1. The first-order valence-electron chi connectivity index (χ1n) is 9.13. The first-order valence-corrected chi connectivity index (χ1v) is 9.13. The van der Waals surface area contributed by atoms with Gasteiger partial charge >= 0.3 is 12.4 Å². The number of urea groups is 1. The van der Waals surface area contributed by atoms with Gasteiger partial charge in [0.25, 0.3) is 0 Å². The van der Waals surface area contributed by atoms with Gasteiger partial charge in [-0.15, -0.1) is 13.2 Å². The second kappa shape index (κ2) is 9.63. The Hall–Kier alpha value is -2.49. The highest BCUT2D eigenvalue weighted by molar-refractivity contribution is 5.89. The molecule has 0 bridgehead atoms. The van der Waals surface area contributed by atoms with Gasteiger partial charge in [-0.2, -0.15) is 0 Å². The molecule has 7 nitrogen and oxygen atoms in total. The number of hydrogen-bond acceptors (Lipinski definition) is 4. The summed E-state index contributed by atoms with van der Waals surface area (Å²) in [7, 11) is 0. The largest absolute Gasteiger partial charge is 0.573 e. The number of alkyl halides is 3. The van der Waals surface area contributed by atoms with Crippen molar-refractivity contribution < 1.29 is 27.5 Å². The summed E-state index contributed by atoms with van der Waals surface area (Å²) in [5.41, 5.74) is 0.214. The molecule has 0 unspecified atom stereocenters. The number of carbonyl (C=O) groups is 2. The number of piperazine rings is 1. The third-order valence-corrected chi connectivity index (χ3v) is 4.45. The number of halogens is 3. The highest BCUT2D eigenvalue weighted by Gasteiger charge is 2.31. The van der Waals surface area contributed by atoms with Crippen LogP contribution in [0, 0.1) is 0 Å². The molecule has 10 heteroatoms. The van der Waals surface area contributed by atoms with E-state index in [0.29, 0.717) is 45.8 Å². The van der Waals surface area contributed by atoms with Crippen LogP contribution < -0.4 is 10.1 Å². The van der Waals surface area contributed by atoms with Gasteiger partial charge in [-0.3, -0.25) is 9.69 Å². The monoisotopic (exact) mass is 402 g/mol. The molecule has 28 heavy (non-hydrogen) atoms. The first-order chi connectivity index (χ1) is 13.2. The maximum atomic E-state index is 12.4. The van der Waals surface area contributed by atoms with Crippen molar-refractivity contribution in [2.45, 2.75) is 20.2 Å². The second-order valence-corrected chi connectivity index (χ2v) is 6.34. The molecule has 2 rings (SSSR count). The standard InChI is InChI=1S/C18H25F3N4O3/c1-3-24(4-2)16(26)13-23-8-10-25(11-9-23)17(27)22-14-6-5-7-15(12-14)28-18(19,20)21/h5-7,12H,3-4,8-11,13H2,1-2H3,(H,22,27).